The minimum atomic E-state index is -0.0708. The Hall–Kier alpha value is -3.71. The molecule has 0 aliphatic heterocycles. The number of hydrogen-bond acceptors (Lipinski definition) is 1. The van der Waals surface area contributed by atoms with Gasteiger partial charge in [-0.25, -0.2) is 4.98 Å². The van der Waals surface area contributed by atoms with Crippen LogP contribution in [0, 0.1) is 0 Å². The van der Waals surface area contributed by atoms with Crippen molar-refractivity contribution in [3.63, 3.8) is 0 Å². The average Bonchev–Trinajstić information content (AvgIpc) is 3.41. The predicted octanol–water partition coefficient (Wildman–Crippen LogP) is 6.31. The Kier molecular flexibility index (Phi) is 6.45. The van der Waals surface area contributed by atoms with Crippen LogP contribution in [0.5, 0.6) is 0 Å². The number of hydrogen-bond donors (Lipinski definition) is 0. The van der Waals surface area contributed by atoms with Gasteiger partial charge in [0.1, 0.15) is 5.82 Å². The number of nitrogens with zero attached hydrogens (tertiary/aromatic N) is 2. The summed E-state index contributed by atoms with van der Waals surface area (Å²) >= 11 is 0. The van der Waals surface area contributed by atoms with Crippen molar-refractivity contribution in [3.8, 4) is 28.1 Å². The summed E-state index contributed by atoms with van der Waals surface area (Å²) < 4.78 is 2.34. The Balaban J connectivity index is 0.00000145. The standard InChI is InChI=1S/C36H26N2.ClH.Pt/c1-36(2)31-13-7-5-11-27(31)30-22-37-35(21-32(30)36)38-33-14-8-6-12-28(33)29-18-17-26(20-34(29)38)25-16-15-23-9-3-4-10-24(23)19-25;;/h3-22H,1-2H3;1H;/q;;+2/p-1. The van der Waals surface area contributed by atoms with E-state index in [9.17, 15) is 0 Å². The Morgan fingerprint density at radius 3 is 2.12 bits per heavy atom. The maximum atomic E-state index is 5.06. The zero-order chi connectivity index (χ0) is 25.4. The third kappa shape index (κ3) is 3.78. The summed E-state index contributed by atoms with van der Waals surface area (Å²) in [7, 11) is 0. The molecule has 0 N–H and O–H groups in total. The van der Waals surface area contributed by atoms with Crippen LogP contribution in [0.25, 0.3) is 60.6 Å². The molecule has 0 spiro atoms. The molecule has 196 valence electrons. The molecule has 0 unspecified atom stereocenters. The molecule has 4 heteroatoms. The fourth-order valence-corrected chi connectivity index (χ4v) is 6.47. The van der Waals surface area contributed by atoms with Gasteiger partial charge in [-0.1, -0.05) is 105 Å². The van der Waals surface area contributed by atoms with Crippen molar-refractivity contribution >= 4 is 32.6 Å². The molecule has 0 radical (unpaired) electrons. The number of para-hydroxylation sites is 1. The van der Waals surface area contributed by atoms with Crippen molar-refractivity contribution in [3.05, 3.63) is 133 Å². The number of benzene rings is 5. The zero-order valence-electron chi connectivity index (χ0n) is 22.1. The fourth-order valence-electron chi connectivity index (χ4n) is 6.47. The van der Waals surface area contributed by atoms with Crippen LogP contribution in [0.2, 0.25) is 0 Å². The van der Waals surface area contributed by atoms with Crippen LogP contribution < -0.4 is 12.4 Å². The van der Waals surface area contributed by atoms with Gasteiger partial charge in [-0.05, 0) is 62.9 Å². The average molecular weight is 717 g/mol. The summed E-state index contributed by atoms with van der Waals surface area (Å²) in [4.78, 5) is 5.06. The van der Waals surface area contributed by atoms with Crippen LogP contribution in [0.15, 0.2) is 121 Å². The van der Waals surface area contributed by atoms with Gasteiger partial charge >= 0.3 is 21.1 Å². The smallest absolute Gasteiger partial charge is 1.00 e. The fraction of sp³-hybridized carbons (Fsp3) is 0.0833. The van der Waals surface area contributed by atoms with Gasteiger partial charge in [0.15, 0.2) is 0 Å². The van der Waals surface area contributed by atoms with E-state index in [2.05, 4.69) is 140 Å². The number of halogens is 1. The molecule has 7 aromatic rings. The van der Waals surface area contributed by atoms with E-state index in [0.29, 0.717) is 0 Å². The second kappa shape index (κ2) is 9.73. The molecule has 2 heterocycles. The largest absolute Gasteiger partial charge is 2.00 e. The van der Waals surface area contributed by atoms with Crippen LogP contribution in [0.4, 0.5) is 0 Å². The molecular formula is C36H26ClN2Pt+. The molecule has 40 heavy (non-hydrogen) atoms. The van der Waals surface area contributed by atoms with E-state index < -0.39 is 0 Å². The van der Waals surface area contributed by atoms with Gasteiger partial charge < -0.3 is 12.4 Å². The molecule has 2 nitrogen and oxygen atoms in total. The van der Waals surface area contributed by atoms with Crippen molar-refractivity contribution in [2.24, 2.45) is 0 Å². The summed E-state index contributed by atoms with van der Waals surface area (Å²) in [6.07, 6.45) is 2.08. The topological polar surface area (TPSA) is 17.8 Å². The molecular weight excluding hydrogens is 691 g/mol. The second-order valence-corrected chi connectivity index (χ2v) is 10.9. The van der Waals surface area contributed by atoms with E-state index in [-0.39, 0.29) is 38.9 Å². The third-order valence-electron chi connectivity index (χ3n) is 8.44. The first-order chi connectivity index (χ1) is 18.6. The first kappa shape index (κ1) is 26.5. The van der Waals surface area contributed by atoms with Gasteiger partial charge in [0, 0.05) is 27.9 Å². The maximum absolute atomic E-state index is 5.06. The van der Waals surface area contributed by atoms with Gasteiger partial charge in [-0.15, -0.1) is 0 Å². The van der Waals surface area contributed by atoms with Crippen molar-refractivity contribution in [1.29, 1.82) is 0 Å². The number of fused-ring (bicyclic) bond motifs is 7. The normalized spacial score (nSPS) is 13.1. The van der Waals surface area contributed by atoms with Gasteiger partial charge in [-0.3, -0.25) is 4.57 Å². The molecule has 1 aliphatic rings. The Labute approximate surface area is 254 Å². The first-order valence-corrected chi connectivity index (χ1v) is 13.2. The zero-order valence-corrected chi connectivity index (χ0v) is 25.2. The van der Waals surface area contributed by atoms with Crippen molar-refractivity contribution in [2.75, 3.05) is 0 Å². The van der Waals surface area contributed by atoms with Crippen molar-refractivity contribution in [1.82, 2.24) is 9.55 Å². The Bertz CT molecular complexity index is 2070. The second-order valence-electron chi connectivity index (χ2n) is 10.9. The molecule has 0 bridgehead atoms. The van der Waals surface area contributed by atoms with E-state index in [4.69, 9.17) is 4.98 Å². The molecule has 0 fully saturated rings. The van der Waals surface area contributed by atoms with Crippen LogP contribution in [0.1, 0.15) is 25.0 Å². The Morgan fingerprint density at radius 2 is 1.25 bits per heavy atom. The quantitative estimate of drug-likeness (QED) is 0.205. The van der Waals surface area contributed by atoms with E-state index in [0.717, 1.165) is 5.82 Å². The molecule has 0 atom stereocenters. The molecule has 8 rings (SSSR count). The summed E-state index contributed by atoms with van der Waals surface area (Å²) in [6.45, 7) is 4.65. The molecule has 0 amide bonds. The van der Waals surface area contributed by atoms with Gasteiger partial charge in [-0.2, -0.15) is 0 Å². The van der Waals surface area contributed by atoms with Gasteiger partial charge in [0.2, 0.25) is 0 Å². The maximum Gasteiger partial charge on any atom is 2.00 e. The summed E-state index contributed by atoms with van der Waals surface area (Å²) in [5, 5.41) is 5.01. The molecule has 1 aliphatic carbocycles. The van der Waals surface area contributed by atoms with Crippen molar-refractivity contribution < 1.29 is 33.5 Å². The summed E-state index contributed by atoms with van der Waals surface area (Å²) in [6, 6.07) is 41.8. The Morgan fingerprint density at radius 1 is 0.575 bits per heavy atom. The monoisotopic (exact) mass is 716 g/mol. The SMILES string of the molecule is CC1(C)c2ccccc2-c2cnc(-n3c4ccccc4c4ccc(-c5ccc6ccccc6c5)cc43)cc21.[Cl-].[Pt+2]. The molecule has 5 aromatic carbocycles. The van der Waals surface area contributed by atoms with E-state index in [1.165, 1.54) is 66.0 Å². The number of aromatic nitrogens is 2. The van der Waals surface area contributed by atoms with Crippen LogP contribution >= 0.6 is 0 Å². The molecule has 0 saturated carbocycles. The summed E-state index contributed by atoms with van der Waals surface area (Å²) in [5.74, 6) is 0.964. The molecule has 2 aromatic heterocycles. The van der Waals surface area contributed by atoms with Crippen LogP contribution in [-0.4, -0.2) is 9.55 Å². The van der Waals surface area contributed by atoms with E-state index >= 15 is 0 Å². The third-order valence-corrected chi connectivity index (χ3v) is 8.44. The number of rotatable bonds is 2. The van der Waals surface area contributed by atoms with Gasteiger partial charge in [0.05, 0.1) is 11.0 Å². The van der Waals surface area contributed by atoms with Crippen LogP contribution in [-0.2, 0) is 26.5 Å². The number of pyridine rings is 1. The van der Waals surface area contributed by atoms with Crippen molar-refractivity contribution in [2.45, 2.75) is 19.3 Å². The molecule has 0 saturated heterocycles. The predicted molar refractivity (Wildman–Crippen MR) is 159 cm³/mol. The minimum Gasteiger partial charge on any atom is -1.00 e. The van der Waals surface area contributed by atoms with Gasteiger partial charge in [0.25, 0.3) is 0 Å². The summed E-state index contributed by atoms with van der Waals surface area (Å²) in [5.41, 5.74) is 9.96. The van der Waals surface area contributed by atoms with Crippen LogP contribution in [0.3, 0.4) is 0 Å². The van der Waals surface area contributed by atoms with E-state index in [1.807, 2.05) is 0 Å². The first-order valence-electron chi connectivity index (χ1n) is 13.2. The minimum absolute atomic E-state index is 0. The van der Waals surface area contributed by atoms with E-state index in [1.54, 1.807) is 0 Å².